The molecule has 1 atom stereocenters. The molecule has 1 rings (SSSR count). The topological polar surface area (TPSA) is 37.3 Å². The van der Waals surface area contributed by atoms with E-state index >= 15 is 0 Å². The largest absolute Gasteiger partial charge is 0.480 e. The average molecular weight is 220 g/mol. The molecule has 0 radical (unpaired) electrons. The molecule has 0 amide bonds. The first-order valence-electron chi connectivity index (χ1n) is 4.52. The third-order valence-electron chi connectivity index (χ3n) is 2.07. The van der Waals surface area contributed by atoms with Crippen molar-refractivity contribution >= 4 is 29.5 Å². The fourth-order valence-corrected chi connectivity index (χ4v) is 4.19. The van der Waals surface area contributed by atoms with Gasteiger partial charge in [0, 0.05) is 5.75 Å². The van der Waals surface area contributed by atoms with Crippen LogP contribution in [0.2, 0.25) is 0 Å². The van der Waals surface area contributed by atoms with E-state index in [1.54, 1.807) is 23.5 Å². The second-order valence-corrected chi connectivity index (χ2v) is 6.32. The molecule has 0 aromatic carbocycles. The van der Waals surface area contributed by atoms with Gasteiger partial charge in [-0.15, -0.1) is 11.8 Å². The highest BCUT2D eigenvalue weighted by Crippen LogP contribution is 2.40. The molecule has 1 saturated heterocycles. The predicted octanol–water partition coefficient (Wildman–Crippen LogP) is 2.34. The molecule has 76 valence electrons. The van der Waals surface area contributed by atoms with E-state index in [0.717, 1.165) is 23.7 Å². The molecule has 1 aliphatic heterocycles. The van der Waals surface area contributed by atoms with Crippen LogP contribution < -0.4 is 0 Å². The Kier molecular flexibility index (Phi) is 3.98. The number of hydrogen-bond acceptors (Lipinski definition) is 3. The summed E-state index contributed by atoms with van der Waals surface area (Å²) in [5, 5.41) is 9.14. The van der Waals surface area contributed by atoms with Crippen molar-refractivity contribution in [3.8, 4) is 0 Å². The number of hydrogen-bond donors (Lipinski definition) is 1. The van der Waals surface area contributed by atoms with Crippen molar-refractivity contribution in [2.24, 2.45) is 5.92 Å². The van der Waals surface area contributed by atoms with Crippen LogP contribution in [0.1, 0.15) is 20.3 Å². The van der Waals surface area contributed by atoms with Gasteiger partial charge in [-0.05, 0) is 23.8 Å². The molecule has 2 nitrogen and oxygen atoms in total. The van der Waals surface area contributed by atoms with Crippen molar-refractivity contribution < 1.29 is 9.90 Å². The van der Waals surface area contributed by atoms with E-state index in [1.165, 1.54) is 0 Å². The van der Waals surface area contributed by atoms with Crippen LogP contribution in [0, 0.1) is 5.92 Å². The second-order valence-electron chi connectivity index (χ2n) is 3.81. The smallest absolute Gasteiger partial charge is 0.320 e. The van der Waals surface area contributed by atoms with Crippen LogP contribution in [-0.2, 0) is 4.79 Å². The monoisotopic (exact) mass is 220 g/mol. The molecule has 1 unspecified atom stereocenters. The summed E-state index contributed by atoms with van der Waals surface area (Å²) >= 11 is 3.39. The number of rotatable bonds is 4. The summed E-state index contributed by atoms with van der Waals surface area (Å²) in [5.41, 5.74) is 0. The van der Waals surface area contributed by atoms with Crippen molar-refractivity contribution in [3.63, 3.8) is 0 Å². The fourth-order valence-electron chi connectivity index (χ4n) is 1.22. The highest BCUT2D eigenvalue weighted by Gasteiger charge is 2.42. The van der Waals surface area contributed by atoms with Crippen LogP contribution in [0.5, 0.6) is 0 Å². The minimum absolute atomic E-state index is 0.477. The first-order chi connectivity index (χ1) is 6.07. The molecule has 1 N–H and O–H groups in total. The van der Waals surface area contributed by atoms with Gasteiger partial charge in [-0.25, -0.2) is 0 Å². The molecule has 1 fully saturated rings. The van der Waals surface area contributed by atoms with E-state index in [4.69, 9.17) is 5.11 Å². The number of carbonyl (C=O) groups is 1. The van der Waals surface area contributed by atoms with Gasteiger partial charge in [0.15, 0.2) is 0 Å². The zero-order valence-electron chi connectivity index (χ0n) is 8.08. The standard InChI is InChI=1S/C9H16O2S2/c1-7(2)5-13-9(8(10)11)3-4-12-6-9/h7H,3-6H2,1-2H3,(H,10,11). The second kappa shape index (κ2) is 4.60. The molecule has 0 spiro atoms. The lowest BCUT2D eigenvalue weighted by Gasteiger charge is -2.23. The predicted molar refractivity (Wildman–Crippen MR) is 59.6 cm³/mol. The molecule has 13 heavy (non-hydrogen) atoms. The quantitative estimate of drug-likeness (QED) is 0.789. The van der Waals surface area contributed by atoms with Crippen molar-refractivity contribution in [1.29, 1.82) is 0 Å². The van der Waals surface area contributed by atoms with Gasteiger partial charge >= 0.3 is 5.97 Å². The Bertz CT molecular complexity index is 186. The van der Waals surface area contributed by atoms with E-state index in [9.17, 15) is 4.79 Å². The van der Waals surface area contributed by atoms with Gasteiger partial charge in [0.05, 0.1) is 0 Å². The van der Waals surface area contributed by atoms with Gasteiger partial charge in [-0.1, -0.05) is 13.8 Å². The van der Waals surface area contributed by atoms with Crippen LogP contribution in [0.3, 0.4) is 0 Å². The Hall–Kier alpha value is 0.170. The Labute approximate surface area is 87.9 Å². The summed E-state index contributed by atoms with van der Waals surface area (Å²) in [7, 11) is 0. The van der Waals surface area contributed by atoms with Crippen molar-refractivity contribution in [2.45, 2.75) is 25.0 Å². The number of carboxylic acids is 1. The highest BCUT2D eigenvalue weighted by molar-refractivity contribution is 8.05. The third-order valence-corrected chi connectivity index (χ3v) is 5.35. The van der Waals surface area contributed by atoms with Crippen LogP contribution in [-0.4, -0.2) is 33.1 Å². The van der Waals surface area contributed by atoms with E-state index < -0.39 is 10.7 Å². The minimum Gasteiger partial charge on any atom is -0.480 e. The Morgan fingerprint density at radius 2 is 2.38 bits per heavy atom. The fraction of sp³-hybridized carbons (Fsp3) is 0.889. The van der Waals surface area contributed by atoms with Gasteiger partial charge in [0.2, 0.25) is 0 Å². The summed E-state index contributed by atoms with van der Waals surface area (Å²) in [6.45, 7) is 4.26. The molecular formula is C9H16O2S2. The first kappa shape index (κ1) is 11.2. The van der Waals surface area contributed by atoms with Gasteiger partial charge in [0.25, 0.3) is 0 Å². The average Bonchev–Trinajstić information content (AvgIpc) is 2.50. The van der Waals surface area contributed by atoms with Crippen LogP contribution >= 0.6 is 23.5 Å². The third kappa shape index (κ3) is 2.81. The lowest BCUT2D eigenvalue weighted by molar-refractivity contribution is -0.139. The lowest BCUT2D eigenvalue weighted by Crippen LogP contribution is -2.35. The molecule has 1 aliphatic rings. The van der Waals surface area contributed by atoms with E-state index in [-0.39, 0.29) is 0 Å². The minimum atomic E-state index is -0.622. The maximum atomic E-state index is 11.1. The van der Waals surface area contributed by atoms with Gasteiger partial charge in [-0.3, -0.25) is 4.79 Å². The van der Waals surface area contributed by atoms with E-state index in [0.29, 0.717) is 5.92 Å². The van der Waals surface area contributed by atoms with Crippen LogP contribution in [0.15, 0.2) is 0 Å². The van der Waals surface area contributed by atoms with Gasteiger partial charge < -0.3 is 5.11 Å². The number of thioether (sulfide) groups is 2. The summed E-state index contributed by atoms with van der Waals surface area (Å²) in [5.74, 6) is 2.68. The molecule has 1 heterocycles. The summed E-state index contributed by atoms with van der Waals surface area (Å²) in [4.78, 5) is 11.1. The molecule has 0 aliphatic carbocycles. The summed E-state index contributed by atoms with van der Waals surface area (Å²) in [6.07, 6.45) is 0.824. The SMILES string of the molecule is CC(C)CSC1(C(=O)O)CCSC1. The van der Waals surface area contributed by atoms with Crippen molar-refractivity contribution in [2.75, 3.05) is 17.3 Å². The Morgan fingerprint density at radius 1 is 1.69 bits per heavy atom. The Morgan fingerprint density at radius 3 is 2.77 bits per heavy atom. The zero-order chi connectivity index (χ0) is 9.90. The molecular weight excluding hydrogens is 204 g/mol. The van der Waals surface area contributed by atoms with Gasteiger partial charge in [0.1, 0.15) is 4.75 Å². The maximum absolute atomic E-state index is 11.1. The van der Waals surface area contributed by atoms with Crippen LogP contribution in [0.4, 0.5) is 0 Å². The molecule has 0 saturated carbocycles. The number of aliphatic carboxylic acids is 1. The van der Waals surface area contributed by atoms with Crippen molar-refractivity contribution in [3.05, 3.63) is 0 Å². The lowest BCUT2D eigenvalue weighted by atomic mass is 10.1. The Balaban J connectivity index is 2.52. The zero-order valence-corrected chi connectivity index (χ0v) is 9.71. The highest BCUT2D eigenvalue weighted by atomic mass is 32.2. The molecule has 0 aromatic rings. The molecule has 4 heteroatoms. The molecule has 0 bridgehead atoms. The van der Waals surface area contributed by atoms with Crippen LogP contribution in [0.25, 0.3) is 0 Å². The number of carboxylic acid groups (broad SMARTS) is 1. The normalized spacial score (nSPS) is 28.2. The van der Waals surface area contributed by atoms with E-state index in [2.05, 4.69) is 13.8 Å². The van der Waals surface area contributed by atoms with Crippen molar-refractivity contribution in [1.82, 2.24) is 0 Å². The van der Waals surface area contributed by atoms with E-state index in [1.807, 2.05) is 0 Å². The van der Waals surface area contributed by atoms with Gasteiger partial charge in [-0.2, -0.15) is 11.8 Å². The summed E-state index contributed by atoms with van der Waals surface area (Å²) in [6, 6.07) is 0. The summed E-state index contributed by atoms with van der Waals surface area (Å²) < 4.78 is -0.477. The molecule has 0 aromatic heterocycles. The maximum Gasteiger partial charge on any atom is 0.320 e. The first-order valence-corrected chi connectivity index (χ1v) is 6.66.